The summed E-state index contributed by atoms with van der Waals surface area (Å²) in [6.45, 7) is -2.92. The van der Waals surface area contributed by atoms with Crippen LogP contribution in [0.15, 0.2) is 52.5 Å². The molecule has 0 radical (unpaired) electrons. The highest BCUT2D eigenvalue weighted by Gasteiger charge is 2.14. The molecule has 8 nitrogen and oxygen atoms in total. The number of hydrogen-bond donors (Lipinski definition) is 2. The molecule has 3 rings (SSSR count). The van der Waals surface area contributed by atoms with Crippen LogP contribution in [0.4, 0.5) is 14.5 Å². The van der Waals surface area contributed by atoms with Crippen molar-refractivity contribution in [1.29, 1.82) is 0 Å². The molecule has 29 heavy (non-hydrogen) atoms. The zero-order chi connectivity index (χ0) is 21.2. The Bertz CT molecular complexity index is 1150. The van der Waals surface area contributed by atoms with E-state index in [2.05, 4.69) is 15.0 Å². The molecule has 0 aliphatic heterocycles. The van der Waals surface area contributed by atoms with Gasteiger partial charge in [0, 0.05) is 12.7 Å². The topological polar surface area (TPSA) is 116 Å². The maximum Gasteiger partial charge on any atom is 0.387 e. The van der Waals surface area contributed by atoms with Crippen LogP contribution >= 0.6 is 11.8 Å². The minimum absolute atomic E-state index is 0.00839. The molecule has 0 saturated heterocycles. The van der Waals surface area contributed by atoms with E-state index in [1.807, 2.05) is 0 Å². The average molecular weight is 442 g/mol. The number of amides is 1. The van der Waals surface area contributed by atoms with E-state index in [1.54, 1.807) is 17.7 Å². The van der Waals surface area contributed by atoms with Gasteiger partial charge < -0.3 is 14.6 Å². The Labute approximate surface area is 169 Å². The number of carbonyl (C=O) groups excluding carboxylic acids is 1. The van der Waals surface area contributed by atoms with Gasteiger partial charge in [-0.3, -0.25) is 4.79 Å². The number of benzene rings is 2. The van der Waals surface area contributed by atoms with Crippen LogP contribution in [-0.4, -0.2) is 36.2 Å². The van der Waals surface area contributed by atoms with Gasteiger partial charge in [0.25, 0.3) is 0 Å². The van der Waals surface area contributed by atoms with E-state index < -0.39 is 16.6 Å². The molecular weight excluding hydrogens is 426 g/mol. The molecule has 154 valence electrons. The quantitative estimate of drug-likeness (QED) is 0.543. The number of nitrogens with zero attached hydrogens (tertiary/aromatic N) is 2. The minimum Gasteiger partial charge on any atom is -0.435 e. The smallest absolute Gasteiger partial charge is 0.387 e. The van der Waals surface area contributed by atoms with Gasteiger partial charge in [0.05, 0.1) is 21.7 Å². The third-order valence-electron chi connectivity index (χ3n) is 3.84. The molecule has 0 aliphatic rings. The minimum atomic E-state index is -3.84. The fourth-order valence-corrected chi connectivity index (χ4v) is 3.83. The second-order valence-electron chi connectivity index (χ2n) is 5.89. The number of thioether (sulfide) groups is 1. The van der Waals surface area contributed by atoms with E-state index in [9.17, 15) is 22.0 Å². The van der Waals surface area contributed by atoms with Crippen LogP contribution in [-0.2, 0) is 21.9 Å². The molecule has 0 unspecified atom stereocenters. The summed E-state index contributed by atoms with van der Waals surface area (Å²) < 4.78 is 53.2. The van der Waals surface area contributed by atoms with Gasteiger partial charge in [0.15, 0.2) is 5.16 Å². The van der Waals surface area contributed by atoms with Crippen molar-refractivity contribution in [3.63, 3.8) is 0 Å². The lowest BCUT2D eigenvalue weighted by molar-refractivity contribution is -0.113. The van der Waals surface area contributed by atoms with Gasteiger partial charge in [0.1, 0.15) is 5.75 Å². The predicted octanol–water partition coefficient (Wildman–Crippen LogP) is 2.55. The van der Waals surface area contributed by atoms with Crippen LogP contribution in [0.3, 0.4) is 0 Å². The first-order chi connectivity index (χ1) is 13.6. The van der Waals surface area contributed by atoms with Crippen molar-refractivity contribution in [2.45, 2.75) is 16.7 Å². The van der Waals surface area contributed by atoms with Crippen molar-refractivity contribution in [3.8, 4) is 5.75 Å². The number of fused-ring (bicyclic) bond motifs is 1. The lowest BCUT2D eigenvalue weighted by atomic mass is 10.3. The SMILES string of the molecule is Cn1c(SCC(=O)Nc2ccc(OC(F)F)cc2)nc2cc(S(N)(=O)=O)ccc21. The highest BCUT2D eigenvalue weighted by Crippen LogP contribution is 2.25. The highest BCUT2D eigenvalue weighted by molar-refractivity contribution is 7.99. The van der Waals surface area contributed by atoms with E-state index in [4.69, 9.17) is 5.14 Å². The van der Waals surface area contributed by atoms with Crippen LogP contribution in [0.25, 0.3) is 11.0 Å². The van der Waals surface area contributed by atoms with Gasteiger partial charge in [-0.05, 0) is 42.5 Å². The number of alkyl halides is 2. The number of carbonyl (C=O) groups is 1. The van der Waals surface area contributed by atoms with Gasteiger partial charge in [-0.15, -0.1) is 0 Å². The van der Waals surface area contributed by atoms with Crippen LogP contribution < -0.4 is 15.2 Å². The number of imidazole rings is 1. The molecule has 0 aliphatic carbocycles. The molecule has 0 saturated carbocycles. The molecule has 1 heterocycles. The molecule has 2 aromatic carbocycles. The van der Waals surface area contributed by atoms with Crippen molar-refractivity contribution in [2.24, 2.45) is 12.2 Å². The number of nitrogens with two attached hydrogens (primary N) is 1. The lowest BCUT2D eigenvalue weighted by Crippen LogP contribution is -2.14. The summed E-state index contributed by atoms with van der Waals surface area (Å²) in [4.78, 5) is 16.4. The zero-order valence-corrected chi connectivity index (χ0v) is 16.6. The van der Waals surface area contributed by atoms with Crippen molar-refractivity contribution < 1.29 is 26.7 Å². The lowest BCUT2D eigenvalue weighted by Gasteiger charge is -2.07. The van der Waals surface area contributed by atoms with Crippen molar-refractivity contribution in [3.05, 3.63) is 42.5 Å². The maximum atomic E-state index is 12.1. The molecule has 0 fully saturated rings. The van der Waals surface area contributed by atoms with E-state index in [0.29, 0.717) is 21.9 Å². The number of ether oxygens (including phenoxy) is 1. The van der Waals surface area contributed by atoms with Gasteiger partial charge in [0.2, 0.25) is 15.9 Å². The monoisotopic (exact) mass is 442 g/mol. The summed E-state index contributed by atoms with van der Waals surface area (Å²) in [7, 11) is -2.09. The number of aryl methyl sites for hydroxylation is 1. The first-order valence-electron chi connectivity index (χ1n) is 8.10. The fourth-order valence-electron chi connectivity index (χ4n) is 2.51. The van der Waals surface area contributed by atoms with E-state index in [0.717, 1.165) is 11.8 Å². The van der Waals surface area contributed by atoms with Crippen LogP contribution in [0, 0.1) is 0 Å². The number of anilines is 1. The van der Waals surface area contributed by atoms with Gasteiger partial charge >= 0.3 is 6.61 Å². The Hall–Kier alpha value is -2.70. The van der Waals surface area contributed by atoms with Crippen LogP contribution in [0.5, 0.6) is 5.75 Å². The van der Waals surface area contributed by atoms with Crippen LogP contribution in [0.1, 0.15) is 0 Å². The molecular formula is C17H16F2N4O4S2. The average Bonchev–Trinajstić information content (AvgIpc) is 2.96. The second-order valence-corrected chi connectivity index (χ2v) is 8.39. The molecule has 0 atom stereocenters. The molecule has 3 N–H and O–H groups in total. The summed E-state index contributed by atoms with van der Waals surface area (Å²) in [5.41, 5.74) is 1.56. The first-order valence-corrected chi connectivity index (χ1v) is 10.6. The predicted molar refractivity (Wildman–Crippen MR) is 105 cm³/mol. The summed E-state index contributed by atoms with van der Waals surface area (Å²) in [5, 5.41) is 8.29. The largest absolute Gasteiger partial charge is 0.435 e. The molecule has 0 bridgehead atoms. The van der Waals surface area contributed by atoms with Crippen molar-refractivity contribution >= 4 is 44.4 Å². The highest BCUT2D eigenvalue weighted by atomic mass is 32.2. The standard InChI is InChI=1S/C17H16F2N4O4S2/c1-23-14-7-6-12(29(20,25)26)8-13(14)22-17(23)28-9-15(24)21-10-2-4-11(5-3-10)27-16(18)19/h2-8,16H,9H2,1H3,(H,21,24)(H2,20,25,26). The summed E-state index contributed by atoms with van der Waals surface area (Å²) >= 11 is 1.16. The summed E-state index contributed by atoms with van der Waals surface area (Å²) in [6.07, 6.45) is 0. The van der Waals surface area contributed by atoms with Gasteiger partial charge in [-0.2, -0.15) is 8.78 Å². The first kappa shape index (κ1) is 21.0. The summed E-state index contributed by atoms with van der Waals surface area (Å²) in [5.74, 6) is -0.296. The molecule has 12 heteroatoms. The third-order valence-corrected chi connectivity index (χ3v) is 5.78. The Morgan fingerprint density at radius 3 is 2.59 bits per heavy atom. The van der Waals surface area contributed by atoms with Gasteiger partial charge in [-0.1, -0.05) is 11.8 Å². The third kappa shape index (κ3) is 5.22. The van der Waals surface area contributed by atoms with Gasteiger partial charge in [-0.25, -0.2) is 18.5 Å². The maximum absolute atomic E-state index is 12.1. The summed E-state index contributed by atoms with van der Waals surface area (Å²) in [6, 6.07) is 9.90. The number of sulfonamides is 1. The number of nitrogens with one attached hydrogen (secondary N) is 1. The normalized spacial score (nSPS) is 11.8. The molecule has 1 amide bonds. The number of rotatable bonds is 7. The molecule has 0 spiro atoms. The number of hydrogen-bond acceptors (Lipinski definition) is 6. The van der Waals surface area contributed by atoms with Crippen molar-refractivity contribution in [2.75, 3.05) is 11.1 Å². The Kier molecular flexibility index (Phi) is 6.05. The zero-order valence-electron chi connectivity index (χ0n) is 15.0. The van der Waals surface area contributed by atoms with Crippen molar-refractivity contribution in [1.82, 2.24) is 9.55 Å². The molecule has 1 aromatic heterocycles. The number of halogens is 2. The second kappa shape index (κ2) is 8.35. The number of aromatic nitrogens is 2. The fraction of sp³-hybridized carbons (Fsp3) is 0.176. The van der Waals surface area contributed by atoms with E-state index in [1.165, 1.54) is 36.4 Å². The Balaban J connectivity index is 1.65. The Morgan fingerprint density at radius 1 is 1.28 bits per heavy atom. The molecule has 3 aromatic rings. The van der Waals surface area contributed by atoms with E-state index in [-0.39, 0.29) is 22.3 Å². The number of primary sulfonamides is 1. The van der Waals surface area contributed by atoms with Crippen LogP contribution in [0.2, 0.25) is 0 Å². The Morgan fingerprint density at radius 2 is 1.97 bits per heavy atom. The van der Waals surface area contributed by atoms with E-state index >= 15 is 0 Å².